The summed E-state index contributed by atoms with van der Waals surface area (Å²) in [5, 5.41) is 0.861. The van der Waals surface area contributed by atoms with Crippen molar-refractivity contribution in [3.05, 3.63) is 46.5 Å². The third-order valence-electron chi connectivity index (χ3n) is 5.37. The molecule has 0 N–H and O–H groups in total. The Bertz CT molecular complexity index is 1210. The lowest BCUT2D eigenvalue weighted by atomic mass is 10.00. The molecule has 1 aromatic carbocycles. The van der Waals surface area contributed by atoms with Gasteiger partial charge in [0.15, 0.2) is 0 Å². The van der Waals surface area contributed by atoms with Crippen LogP contribution in [0.5, 0.6) is 11.5 Å². The van der Waals surface area contributed by atoms with Crippen LogP contribution in [0.25, 0.3) is 22.0 Å². The number of hydrogen-bond acceptors (Lipinski definition) is 6. The van der Waals surface area contributed by atoms with E-state index in [0.717, 1.165) is 22.1 Å². The minimum atomic E-state index is -0.534. The number of likely N-dealkylation sites (N-methyl/N-ethyl adjacent to an activating group) is 1. The van der Waals surface area contributed by atoms with Crippen molar-refractivity contribution in [2.45, 2.75) is 46.8 Å². The molecule has 192 valence electrons. The first kappa shape index (κ1) is 28.0. The summed E-state index contributed by atoms with van der Waals surface area (Å²) in [7, 11) is 8.66. The highest BCUT2D eigenvalue weighted by Gasteiger charge is 2.21. The second-order valence-electron chi connectivity index (χ2n) is 9.27. The molecule has 0 aliphatic rings. The summed E-state index contributed by atoms with van der Waals surface area (Å²) in [6, 6.07) is 5.81. The predicted octanol–water partition coefficient (Wildman–Crippen LogP) is 4.36. The Balaban J connectivity index is 0.00000210. The second-order valence-corrected chi connectivity index (χ2v) is 9.27. The maximum atomic E-state index is 12.6. The van der Waals surface area contributed by atoms with E-state index in [2.05, 4.69) is 0 Å². The number of nitrogens with zero attached hydrogens (tertiary/aromatic N) is 3. The van der Waals surface area contributed by atoms with Crippen LogP contribution in [-0.4, -0.2) is 53.4 Å². The van der Waals surface area contributed by atoms with Crippen molar-refractivity contribution in [3.8, 4) is 22.6 Å². The van der Waals surface area contributed by atoms with E-state index in [1.807, 2.05) is 88.8 Å². The van der Waals surface area contributed by atoms with Gasteiger partial charge in [0.1, 0.15) is 22.6 Å². The largest absolute Gasteiger partial charge is 0.496 e. The lowest BCUT2D eigenvalue weighted by molar-refractivity contribution is -0.155. The molecule has 3 aromatic rings. The molecule has 0 radical (unpaired) electrons. The van der Waals surface area contributed by atoms with Crippen LogP contribution < -0.4 is 15.0 Å². The first-order chi connectivity index (χ1) is 16.4. The van der Waals surface area contributed by atoms with Crippen LogP contribution in [0.3, 0.4) is 0 Å². The molecular weight excluding hydrogens is 446 g/mol. The van der Waals surface area contributed by atoms with Gasteiger partial charge in [-0.05, 0) is 51.6 Å². The number of benzene rings is 1. The number of esters is 1. The van der Waals surface area contributed by atoms with Crippen molar-refractivity contribution in [2.24, 2.45) is 14.1 Å². The summed E-state index contributed by atoms with van der Waals surface area (Å²) in [6.45, 7) is 10.1. The van der Waals surface area contributed by atoms with Gasteiger partial charge in [0.25, 0.3) is 5.56 Å². The average molecular weight is 486 g/mol. The average Bonchev–Trinajstić information content (AvgIpc) is 3.17. The molecule has 0 amide bonds. The molecule has 0 spiro atoms. The molecule has 3 rings (SSSR count). The number of fused-ring (bicyclic) bond motifs is 1. The summed E-state index contributed by atoms with van der Waals surface area (Å²) in [4.78, 5) is 26.7. The van der Waals surface area contributed by atoms with Crippen LogP contribution in [0.2, 0.25) is 0 Å². The fourth-order valence-electron chi connectivity index (χ4n) is 3.95. The number of carbonyl (C=O) groups is 1. The van der Waals surface area contributed by atoms with Crippen LogP contribution in [-0.2, 0) is 30.2 Å². The summed E-state index contributed by atoms with van der Waals surface area (Å²) >= 11 is 0. The van der Waals surface area contributed by atoms with Gasteiger partial charge in [-0.15, -0.1) is 0 Å². The number of aromatic nitrogens is 2. The van der Waals surface area contributed by atoms with E-state index in [0.29, 0.717) is 23.6 Å². The zero-order valence-electron chi connectivity index (χ0n) is 22.7. The quantitative estimate of drug-likeness (QED) is 0.463. The smallest absolute Gasteiger partial charge is 0.320 e. The highest BCUT2D eigenvalue weighted by atomic mass is 16.6. The molecule has 0 atom stereocenters. The van der Waals surface area contributed by atoms with Crippen LogP contribution in [0.1, 0.15) is 40.2 Å². The molecule has 0 unspecified atom stereocenters. The SMILES string of the molecule is CC.COc1cc(-c2cn(C)c(=O)c3c2ccn3C)cc(OC)c1CN(C)CC(=O)OC(C)(C)C. The number of pyridine rings is 1. The van der Waals surface area contributed by atoms with Gasteiger partial charge in [0.2, 0.25) is 0 Å². The van der Waals surface area contributed by atoms with Gasteiger partial charge in [-0.2, -0.15) is 0 Å². The molecular formula is C27H39N3O5. The van der Waals surface area contributed by atoms with Crippen molar-refractivity contribution in [1.82, 2.24) is 14.0 Å². The standard InChI is InChI=1S/C25H33N3O5.C2H6/c1-25(2,3)33-22(29)15-26(4)13-19-20(31-7)11-16(12-21(19)32-8)18-14-28(6)24(30)23-17(18)9-10-27(23)5;1-2/h9-12,14H,13,15H2,1-8H3;1-2H3. The molecule has 0 aliphatic heterocycles. The molecule has 0 saturated heterocycles. The Morgan fingerprint density at radius 3 is 2.11 bits per heavy atom. The van der Waals surface area contributed by atoms with E-state index >= 15 is 0 Å². The molecule has 8 nitrogen and oxygen atoms in total. The van der Waals surface area contributed by atoms with E-state index in [9.17, 15) is 9.59 Å². The van der Waals surface area contributed by atoms with Gasteiger partial charge in [-0.1, -0.05) is 13.8 Å². The van der Waals surface area contributed by atoms with Gasteiger partial charge >= 0.3 is 5.97 Å². The monoisotopic (exact) mass is 485 g/mol. The maximum Gasteiger partial charge on any atom is 0.320 e. The number of aryl methyl sites for hydroxylation is 2. The van der Waals surface area contributed by atoms with Crippen LogP contribution >= 0.6 is 0 Å². The zero-order valence-corrected chi connectivity index (χ0v) is 22.7. The number of ether oxygens (including phenoxy) is 3. The first-order valence-corrected chi connectivity index (χ1v) is 11.8. The highest BCUT2D eigenvalue weighted by Crippen LogP contribution is 2.37. The van der Waals surface area contributed by atoms with Gasteiger partial charge in [-0.3, -0.25) is 14.5 Å². The van der Waals surface area contributed by atoms with Crippen molar-refractivity contribution in [1.29, 1.82) is 0 Å². The molecule has 8 heteroatoms. The minimum absolute atomic E-state index is 0.0550. The number of rotatable bonds is 7. The van der Waals surface area contributed by atoms with E-state index in [4.69, 9.17) is 14.2 Å². The molecule has 35 heavy (non-hydrogen) atoms. The van der Waals surface area contributed by atoms with E-state index in [1.165, 1.54) is 0 Å². The van der Waals surface area contributed by atoms with Crippen molar-refractivity contribution in [2.75, 3.05) is 27.8 Å². The summed E-state index contributed by atoms with van der Waals surface area (Å²) < 4.78 is 20.3. The Kier molecular flexibility index (Phi) is 9.15. The lowest BCUT2D eigenvalue weighted by Gasteiger charge is -2.24. The molecule has 2 heterocycles. The Morgan fingerprint density at radius 1 is 1.03 bits per heavy atom. The Labute approximate surface area is 208 Å². The van der Waals surface area contributed by atoms with Crippen LogP contribution in [0.4, 0.5) is 0 Å². The lowest BCUT2D eigenvalue weighted by Crippen LogP contribution is -2.32. The molecule has 0 fully saturated rings. The summed E-state index contributed by atoms with van der Waals surface area (Å²) in [5.74, 6) is 0.980. The summed E-state index contributed by atoms with van der Waals surface area (Å²) in [5.41, 5.74) is 2.64. The predicted molar refractivity (Wildman–Crippen MR) is 140 cm³/mol. The van der Waals surface area contributed by atoms with Crippen LogP contribution in [0.15, 0.2) is 35.4 Å². The Morgan fingerprint density at radius 2 is 1.60 bits per heavy atom. The second kappa shape index (κ2) is 11.4. The molecule has 0 bridgehead atoms. The maximum absolute atomic E-state index is 12.6. The van der Waals surface area contributed by atoms with E-state index < -0.39 is 5.60 Å². The molecule has 2 aromatic heterocycles. The number of carbonyl (C=O) groups excluding carboxylic acids is 1. The van der Waals surface area contributed by atoms with Crippen molar-refractivity contribution >= 4 is 16.9 Å². The van der Waals surface area contributed by atoms with Gasteiger partial charge < -0.3 is 23.3 Å². The number of methoxy groups -OCH3 is 2. The van der Waals surface area contributed by atoms with Crippen molar-refractivity contribution < 1.29 is 19.0 Å². The Hall–Kier alpha value is -3.26. The third-order valence-corrected chi connectivity index (χ3v) is 5.37. The fraction of sp³-hybridized carbons (Fsp3) is 0.481. The van der Waals surface area contributed by atoms with Gasteiger partial charge in [-0.25, -0.2) is 0 Å². The summed E-state index contributed by atoms with van der Waals surface area (Å²) in [6.07, 6.45) is 3.71. The van der Waals surface area contributed by atoms with E-state index in [-0.39, 0.29) is 18.1 Å². The highest BCUT2D eigenvalue weighted by molar-refractivity contribution is 5.95. The topological polar surface area (TPSA) is 74.9 Å². The van der Waals surface area contributed by atoms with Crippen molar-refractivity contribution in [3.63, 3.8) is 0 Å². The number of hydrogen-bond donors (Lipinski definition) is 0. The first-order valence-electron chi connectivity index (χ1n) is 11.8. The molecule has 0 aliphatic carbocycles. The normalized spacial score (nSPS) is 11.3. The zero-order chi connectivity index (χ0) is 26.5. The minimum Gasteiger partial charge on any atom is -0.496 e. The van der Waals surface area contributed by atoms with E-state index in [1.54, 1.807) is 25.8 Å². The fourth-order valence-corrected chi connectivity index (χ4v) is 3.95. The van der Waals surface area contributed by atoms with Gasteiger partial charge in [0, 0.05) is 44.0 Å². The van der Waals surface area contributed by atoms with Crippen LogP contribution in [0, 0.1) is 0 Å². The molecule has 0 saturated carbocycles. The van der Waals surface area contributed by atoms with Gasteiger partial charge in [0.05, 0.1) is 26.3 Å². The third kappa shape index (κ3) is 6.45.